The Kier molecular flexibility index (Phi) is 6.81. The van der Waals surface area contributed by atoms with Crippen LogP contribution in [0, 0.1) is 11.3 Å². The van der Waals surface area contributed by atoms with Crippen LogP contribution in [0.4, 0.5) is 4.79 Å². The van der Waals surface area contributed by atoms with Gasteiger partial charge in [0.25, 0.3) is 0 Å². The van der Waals surface area contributed by atoms with Crippen LogP contribution in [0.1, 0.15) is 34.5 Å². The van der Waals surface area contributed by atoms with Crippen molar-refractivity contribution in [2.24, 2.45) is 11.3 Å². The van der Waals surface area contributed by atoms with Crippen molar-refractivity contribution in [3.63, 3.8) is 0 Å². The number of barbiturate groups is 1. The summed E-state index contributed by atoms with van der Waals surface area (Å²) in [6.07, 6.45) is 3.39. The largest absolute Gasteiger partial charge is 1.00 e. The predicted octanol–water partition coefficient (Wildman–Crippen LogP) is -1.53. The van der Waals surface area contributed by atoms with Crippen LogP contribution in [0.2, 0.25) is 0 Å². The number of urea groups is 1. The molecule has 6 heteroatoms. The number of carbonyl (C=O) groups excluding carboxylic acids is 3. The van der Waals surface area contributed by atoms with E-state index in [1.165, 1.54) is 0 Å². The average molecular weight is 262 g/mol. The third-order valence-electron chi connectivity index (χ3n) is 3.29. The molecule has 5 nitrogen and oxygen atoms in total. The minimum absolute atomic E-state index is 0. The van der Waals surface area contributed by atoms with E-state index in [2.05, 4.69) is 17.2 Å². The van der Waals surface area contributed by atoms with E-state index in [0.29, 0.717) is 0 Å². The molecule has 0 aromatic carbocycles. The zero-order valence-corrected chi connectivity index (χ0v) is 13.2. The molecule has 1 rings (SSSR count). The van der Waals surface area contributed by atoms with Crippen molar-refractivity contribution in [3.05, 3.63) is 12.7 Å². The van der Waals surface area contributed by atoms with E-state index in [-0.39, 0.29) is 43.3 Å². The monoisotopic (exact) mass is 262 g/mol. The molecule has 96 valence electrons. The molecule has 0 aromatic heterocycles. The van der Waals surface area contributed by atoms with Crippen molar-refractivity contribution in [2.75, 3.05) is 0 Å². The number of imide groups is 2. The summed E-state index contributed by atoms with van der Waals surface area (Å²) in [5.41, 5.74) is -1.20. The smallest absolute Gasteiger partial charge is 1.00 e. The van der Waals surface area contributed by atoms with Gasteiger partial charge in [-0.05, 0) is 18.8 Å². The Hall–Kier alpha value is -0.650. The molecule has 0 spiro atoms. The van der Waals surface area contributed by atoms with Crippen molar-refractivity contribution in [1.82, 2.24) is 10.6 Å². The summed E-state index contributed by atoms with van der Waals surface area (Å²) in [6, 6.07) is -0.747. The Morgan fingerprint density at radius 1 is 1.33 bits per heavy atom. The van der Waals surface area contributed by atoms with Crippen LogP contribution in [-0.4, -0.2) is 17.8 Å². The van der Waals surface area contributed by atoms with E-state index in [1.54, 1.807) is 6.08 Å². The molecule has 1 fully saturated rings. The summed E-state index contributed by atoms with van der Waals surface area (Å²) in [7, 11) is 0. The van der Waals surface area contributed by atoms with E-state index >= 15 is 0 Å². The minimum Gasteiger partial charge on any atom is -1.00 e. The van der Waals surface area contributed by atoms with Crippen LogP contribution in [-0.2, 0) is 9.59 Å². The average Bonchev–Trinajstić information content (AvgIpc) is 2.23. The Labute approximate surface area is 131 Å². The van der Waals surface area contributed by atoms with Gasteiger partial charge in [-0.2, -0.15) is 0 Å². The van der Waals surface area contributed by atoms with Crippen LogP contribution in [0.5, 0.6) is 0 Å². The first-order chi connectivity index (χ1) is 7.98. The second kappa shape index (κ2) is 7.07. The van der Waals surface area contributed by atoms with Crippen LogP contribution in [0.25, 0.3) is 0 Å². The van der Waals surface area contributed by atoms with Gasteiger partial charge >= 0.3 is 35.6 Å². The Bertz CT molecular complexity index is 354. The zero-order chi connectivity index (χ0) is 13.1. The van der Waals surface area contributed by atoms with E-state index < -0.39 is 23.3 Å². The van der Waals surface area contributed by atoms with E-state index in [9.17, 15) is 14.4 Å². The molecule has 4 amide bonds. The molecule has 1 aliphatic heterocycles. The Morgan fingerprint density at radius 3 is 2.22 bits per heavy atom. The topological polar surface area (TPSA) is 75.3 Å². The fourth-order valence-electron chi connectivity index (χ4n) is 2.30. The van der Waals surface area contributed by atoms with Crippen molar-refractivity contribution < 1.29 is 45.4 Å². The van der Waals surface area contributed by atoms with Crippen LogP contribution in [0.15, 0.2) is 12.7 Å². The first-order valence-corrected chi connectivity index (χ1v) is 5.76. The summed E-state index contributed by atoms with van der Waals surface area (Å²) in [4.78, 5) is 35.1. The molecule has 0 aliphatic carbocycles. The molecule has 1 atom stereocenters. The van der Waals surface area contributed by atoms with E-state index in [4.69, 9.17) is 0 Å². The molecule has 2 N–H and O–H groups in total. The zero-order valence-electron chi connectivity index (χ0n) is 12.2. The fourth-order valence-corrected chi connectivity index (χ4v) is 2.30. The number of rotatable bonds is 5. The molecular weight excluding hydrogens is 243 g/mol. The molecule has 1 aliphatic rings. The predicted molar refractivity (Wildman–Crippen MR) is 64.1 cm³/mol. The van der Waals surface area contributed by atoms with Crippen molar-refractivity contribution >= 4 is 17.8 Å². The fraction of sp³-hybridized carbons (Fsp3) is 0.583. The Balaban J connectivity index is 0. The quantitative estimate of drug-likeness (QED) is 0.358. The maximum absolute atomic E-state index is 12.0. The van der Waals surface area contributed by atoms with Gasteiger partial charge in [0.1, 0.15) is 5.41 Å². The molecule has 0 saturated carbocycles. The minimum atomic E-state index is -1.20. The van der Waals surface area contributed by atoms with Gasteiger partial charge in [0.15, 0.2) is 0 Å². The number of hydrogen-bond acceptors (Lipinski definition) is 3. The number of nitrogens with one attached hydrogen (secondary N) is 2. The van der Waals surface area contributed by atoms with Gasteiger partial charge in [0, 0.05) is 0 Å². The summed E-state index contributed by atoms with van der Waals surface area (Å²) >= 11 is 0. The molecular formula is C12H19N2NaO3. The summed E-state index contributed by atoms with van der Waals surface area (Å²) in [6.45, 7) is 7.42. The first kappa shape index (κ1) is 17.4. The molecule has 18 heavy (non-hydrogen) atoms. The van der Waals surface area contributed by atoms with Crippen molar-refractivity contribution in [2.45, 2.75) is 33.1 Å². The van der Waals surface area contributed by atoms with E-state index in [1.807, 2.05) is 13.8 Å². The second-order valence-electron chi connectivity index (χ2n) is 4.39. The van der Waals surface area contributed by atoms with Gasteiger partial charge in [-0.3, -0.25) is 20.2 Å². The van der Waals surface area contributed by atoms with Gasteiger partial charge in [0.2, 0.25) is 11.8 Å². The standard InChI is InChI=1S/C12H18N2O3.Na.H/c1-4-6-8(3)12(7-5-2)9(15)13-11(17)14-10(12)16;;/h5,8H,2,4,6-7H2,1,3H3,(H2,13,14,15,16,17);;/q;+1;-1/t8-;;/m0../s1. The van der Waals surface area contributed by atoms with Gasteiger partial charge in [-0.25, -0.2) is 4.79 Å². The number of amides is 4. The normalized spacial score (nSPS) is 19.3. The maximum Gasteiger partial charge on any atom is 1.00 e. The molecule has 0 unspecified atom stereocenters. The van der Waals surface area contributed by atoms with Gasteiger partial charge in [0.05, 0.1) is 0 Å². The summed E-state index contributed by atoms with van der Waals surface area (Å²) in [5, 5.41) is 4.33. The molecule has 0 radical (unpaired) electrons. The number of carbonyl (C=O) groups is 3. The van der Waals surface area contributed by atoms with Gasteiger partial charge in [-0.15, -0.1) is 6.58 Å². The van der Waals surface area contributed by atoms with Crippen LogP contribution in [0.3, 0.4) is 0 Å². The summed E-state index contributed by atoms with van der Waals surface area (Å²) in [5.74, 6) is -1.18. The van der Waals surface area contributed by atoms with Crippen LogP contribution < -0.4 is 40.2 Å². The van der Waals surface area contributed by atoms with Gasteiger partial charge < -0.3 is 1.43 Å². The summed E-state index contributed by atoms with van der Waals surface area (Å²) < 4.78 is 0. The Morgan fingerprint density at radius 2 is 1.83 bits per heavy atom. The van der Waals surface area contributed by atoms with Crippen molar-refractivity contribution in [1.29, 1.82) is 0 Å². The molecule has 0 bridgehead atoms. The van der Waals surface area contributed by atoms with Crippen molar-refractivity contribution in [3.8, 4) is 0 Å². The third-order valence-corrected chi connectivity index (χ3v) is 3.29. The third kappa shape index (κ3) is 3.02. The first-order valence-electron chi connectivity index (χ1n) is 5.76. The molecule has 1 heterocycles. The molecule has 0 aromatic rings. The maximum atomic E-state index is 12.0. The molecule has 1 saturated heterocycles. The second-order valence-corrected chi connectivity index (χ2v) is 4.39. The number of allylic oxidation sites excluding steroid dienone is 1. The SMILES string of the molecule is C=CCC1([C@@H](C)CCC)C(=O)NC(=O)NC1=O.[H-].[Na+]. The van der Waals surface area contributed by atoms with Gasteiger partial charge in [-0.1, -0.05) is 26.3 Å². The van der Waals surface area contributed by atoms with E-state index in [0.717, 1.165) is 12.8 Å². The number of hydrogen-bond donors (Lipinski definition) is 2. The van der Waals surface area contributed by atoms with Crippen LogP contribution >= 0.6 is 0 Å².